The number of nitrogens with zero attached hydrogens (tertiary/aromatic N) is 1. The Kier molecular flexibility index (Phi) is 1.54. The molecule has 0 atom stereocenters. The van der Waals surface area contributed by atoms with E-state index in [9.17, 15) is 0 Å². The molecule has 2 rings (SSSR count). The maximum atomic E-state index is 5.66. The maximum absolute atomic E-state index is 5.66. The molecule has 0 spiro atoms. The number of rotatable bonds is 0. The minimum atomic E-state index is 0.670. The molecule has 0 saturated carbocycles. The van der Waals surface area contributed by atoms with Crippen LogP contribution in [0.15, 0.2) is 0 Å². The average molecular weight is 152 g/mol. The van der Waals surface area contributed by atoms with Crippen molar-refractivity contribution in [2.75, 3.05) is 18.8 Å². The summed E-state index contributed by atoms with van der Waals surface area (Å²) in [5, 5.41) is 10.2. The van der Waals surface area contributed by atoms with Gasteiger partial charge in [0.05, 0.1) is 0 Å². The van der Waals surface area contributed by atoms with E-state index in [1.165, 1.54) is 11.3 Å². The van der Waals surface area contributed by atoms with Gasteiger partial charge in [-0.15, -0.1) is 0 Å². The smallest absolute Gasteiger partial charge is 0.148 e. The number of aromatic amines is 1. The third-order valence-corrected chi connectivity index (χ3v) is 2.09. The fraction of sp³-hybridized carbons (Fsp3) is 0.571. The second kappa shape index (κ2) is 2.54. The molecule has 0 unspecified atom stereocenters. The summed E-state index contributed by atoms with van der Waals surface area (Å²) >= 11 is 0. The van der Waals surface area contributed by atoms with Gasteiger partial charge in [0.25, 0.3) is 0 Å². The topological polar surface area (TPSA) is 66.7 Å². The molecule has 1 aromatic heterocycles. The van der Waals surface area contributed by atoms with Gasteiger partial charge >= 0.3 is 0 Å². The quantitative estimate of drug-likeness (QED) is 0.477. The highest BCUT2D eigenvalue weighted by Crippen LogP contribution is 2.15. The van der Waals surface area contributed by atoms with Gasteiger partial charge in [0, 0.05) is 24.2 Å². The van der Waals surface area contributed by atoms with Gasteiger partial charge in [-0.1, -0.05) is 0 Å². The summed E-state index contributed by atoms with van der Waals surface area (Å²) in [4.78, 5) is 0. The Labute approximate surface area is 65.2 Å². The summed E-state index contributed by atoms with van der Waals surface area (Å²) in [7, 11) is 0. The SMILES string of the molecule is Nc1n[nH]c2c1CCNCC2. The lowest BCUT2D eigenvalue weighted by atomic mass is 10.1. The molecule has 11 heavy (non-hydrogen) atoms. The Morgan fingerprint density at radius 3 is 3.00 bits per heavy atom. The van der Waals surface area contributed by atoms with Crippen LogP contribution in [0.1, 0.15) is 11.3 Å². The van der Waals surface area contributed by atoms with E-state index in [4.69, 9.17) is 5.73 Å². The summed E-state index contributed by atoms with van der Waals surface area (Å²) in [6, 6.07) is 0. The molecule has 60 valence electrons. The van der Waals surface area contributed by atoms with Crippen LogP contribution in [0.25, 0.3) is 0 Å². The van der Waals surface area contributed by atoms with E-state index in [1.54, 1.807) is 0 Å². The first-order valence-corrected chi connectivity index (χ1v) is 3.90. The van der Waals surface area contributed by atoms with Crippen molar-refractivity contribution in [2.24, 2.45) is 0 Å². The molecule has 0 radical (unpaired) electrons. The van der Waals surface area contributed by atoms with E-state index in [0.717, 1.165) is 25.9 Å². The predicted molar refractivity (Wildman–Crippen MR) is 43.3 cm³/mol. The monoisotopic (exact) mass is 152 g/mol. The van der Waals surface area contributed by atoms with Crippen LogP contribution in [-0.2, 0) is 12.8 Å². The van der Waals surface area contributed by atoms with E-state index in [1.807, 2.05) is 0 Å². The van der Waals surface area contributed by atoms with Crippen molar-refractivity contribution >= 4 is 5.82 Å². The first-order valence-electron chi connectivity index (χ1n) is 3.90. The van der Waals surface area contributed by atoms with E-state index in [0.29, 0.717) is 5.82 Å². The summed E-state index contributed by atoms with van der Waals surface area (Å²) < 4.78 is 0. The fourth-order valence-electron chi connectivity index (χ4n) is 1.45. The van der Waals surface area contributed by atoms with Gasteiger partial charge in [-0.3, -0.25) is 5.10 Å². The standard InChI is InChI=1S/C7H12N4/c8-7-5-1-3-9-4-2-6(5)10-11-7/h9H,1-4H2,(H3,8,10,11). The molecule has 1 aliphatic heterocycles. The van der Waals surface area contributed by atoms with Crippen LogP contribution in [-0.4, -0.2) is 23.3 Å². The number of nitrogen functional groups attached to an aromatic ring is 1. The van der Waals surface area contributed by atoms with Crippen molar-refractivity contribution in [1.29, 1.82) is 0 Å². The van der Waals surface area contributed by atoms with Crippen molar-refractivity contribution < 1.29 is 0 Å². The third kappa shape index (κ3) is 1.09. The lowest BCUT2D eigenvalue weighted by Gasteiger charge is -1.95. The molecule has 2 heterocycles. The van der Waals surface area contributed by atoms with Crippen LogP contribution in [0, 0.1) is 0 Å². The molecule has 4 heteroatoms. The van der Waals surface area contributed by atoms with Crippen molar-refractivity contribution in [3.05, 3.63) is 11.3 Å². The minimum absolute atomic E-state index is 0.670. The van der Waals surface area contributed by atoms with E-state index < -0.39 is 0 Å². The number of aromatic nitrogens is 2. The number of fused-ring (bicyclic) bond motifs is 1. The normalized spacial score (nSPS) is 17.5. The van der Waals surface area contributed by atoms with Crippen molar-refractivity contribution in [3.63, 3.8) is 0 Å². The molecule has 0 fully saturated rings. The van der Waals surface area contributed by atoms with Crippen LogP contribution in [0.5, 0.6) is 0 Å². The van der Waals surface area contributed by atoms with Crippen LogP contribution in [0.4, 0.5) is 5.82 Å². The summed E-state index contributed by atoms with van der Waals surface area (Å²) in [5.41, 5.74) is 8.07. The first-order chi connectivity index (χ1) is 5.38. The number of nitrogens with two attached hydrogens (primary N) is 1. The number of H-pyrrole nitrogens is 1. The van der Waals surface area contributed by atoms with Crippen LogP contribution < -0.4 is 11.1 Å². The van der Waals surface area contributed by atoms with Gasteiger partial charge in [-0.2, -0.15) is 5.10 Å². The minimum Gasteiger partial charge on any atom is -0.382 e. The number of nitrogens with one attached hydrogen (secondary N) is 2. The lowest BCUT2D eigenvalue weighted by molar-refractivity contribution is 0.703. The van der Waals surface area contributed by atoms with Crippen LogP contribution in [0.3, 0.4) is 0 Å². The zero-order valence-corrected chi connectivity index (χ0v) is 6.35. The Balaban J connectivity index is 2.35. The van der Waals surface area contributed by atoms with Gasteiger partial charge in [0.2, 0.25) is 0 Å². The maximum Gasteiger partial charge on any atom is 0.148 e. The predicted octanol–water partition coefficient (Wildman–Crippen LogP) is -0.320. The van der Waals surface area contributed by atoms with E-state index in [2.05, 4.69) is 15.5 Å². The molecular weight excluding hydrogens is 140 g/mol. The largest absolute Gasteiger partial charge is 0.382 e. The van der Waals surface area contributed by atoms with Crippen molar-refractivity contribution in [2.45, 2.75) is 12.8 Å². The van der Waals surface area contributed by atoms with Gasteiger partial charge in [-0.05, 0) is 13.0 Å². The van der Waals surface area contributed by atoms with Gasteiger partial charge in [-0.25, -0.2) is 0 Å². The van der Waals surface area contributed by atoms with Crippen molar-refractivity contribution in [3.8, 4) is 0 Å². The highest BCUT2D eigenvalue weighted by Gasteiger charge is 2.12. The van der Waals surface area contributed by atoms with Gasteiger partial charge in [0.1, 0.15) is 5.82 Å². The van der Waals surface area contributed by atoms with Gasteiger partial charge < -0.3 is 11.1 Å². The fourth-order valence-corrected chi connectivity index (χ4v) is 1.45. The third-order valence-electron chi connectivity index (χ3n) is 2.09. The van der Waals surface area contributed by atoms with Crippen LogP contribution >= 0.6 is 0 Å². The Morgan fingerprint density at radius 2 is 2.09 bits per heavy atom. The summed E-state index contributed by atoms with van der Waals surface area (Å²) in [6.45, 7) is 2.03. The van der Waals surface area contributed by atoms with Gasteiger partial charge in [0.15, 0.2) is 0 Å². The molecule has 4 N–H and O–H groups in total. The molecule has 0 bridgehead atoms. The molecule has 1 aliphatic rings. The Hall–Kier alpha value is -1.03. The number of hydrogen-bond donors (Lipinski definition) is 3. The Morgan fingerprint density at radius 1 is 1.27 bits per heavy atom. The molecular formula is C7H12N4. The second-order valence-electron chi connectivity index (χ2n) is 2.82. The molecule has 1 aromatic rings. The highest BCUT2D eigenvalue weighted by atomic mass is 15.2. The van der Waals surface area contributed by atoms with E-state index >= 15 is 0 Å². The van der Waals surface area contributed by atoms with E-state index in [-0.39, 0.29) is 0 Å². The average Bonchev–Trinajstić information content (AvgIpc) is 2.25. The molecule has 0 amide bonds. The number of anilines is 1. The molecule has 0 aromatic carbocycles. The summed E-state index contributed by atoms with van der Waals surface area (Å²) in [5.74, 6) is 0.670. The zero-order valence-electron chi connectivity index (χ0n) is 6.35. The Bertz CT molecular complexity index is 253. The summed E-state index contributed by atoms with van der Waals surface area (Å²) in [6.07, 6.45) is 2.01. The van der Waals surface area contributed by atoms with Crippen LogP contribution in [0.2, 0.25) is 0 Å². The lowest BCUT2D eigenvalue weighted by Crippen LogP contribution is -2.16. The highest BCUT2D eigenvalue weighted by molar-refractivity contribution is 5.42. The molecule has 0 saturated heterocycles. The number of hydrogen-bond acceptors (Lipinski definition) is 3. The second-order valence-corrected chi connectivity index (χ2v) is 2.82. The zero-order chi connectivity index (χ0) is 7.68. The molecule has 0 aliphatic carbocycles. The first kappa shape index (κ1) is 6.67. The van der Waals surface area contributed by atoms with Crippen molar-refractivity contribution in [1.82, 2.24) is 15.5 Å². The molecule has 4 nitrogen and oxygen atoms in total.